The van der Waals surface area contributed by atoms with Crippen LogP contribution in [0.15, 0.2) is 149 Å². The molecule has 0 saturated carbocycles. The van der Waals surface area contributed by atoms with Crippen LogP contribution in [-0.4, -0.2) is 9.66 Å². The minimum Gasteiger partial charge on any atom is -0.324 e. The van der Waals surface area contributed by atoms with Crippen LogP contribution in [0.2, 0.25) is 5.02 Å². The number of anilines is 2. The Labute approximate surface area is 251 Å². The third-order valence-corrected chi connectivity index (χ3v) is 12.1. The van der Waals surface area contributed by atoms with Crippen LogP contribution in [0.25, 0.3) is 20.3 Å². The number of benzene rings is 5. The van der Waals surface area contributed by atoms with E-state index in [1.54, 1.807) is 12.1 Å². The zero-order valence-corrected chi connectivity index (χ0v) is 24.7. The lowest BCUT2D eigenvalue weighted by molar-refractivity contribution is 0.841. The molecule has 2 heterocycles. The van der Waals surface area contributed by atoms with E-state index in [4.69, 9.17) is 21.4 Å². The van der Waals surface area contributed by atoms with Crippen LogP contribution in [0.5, 0.6) is 0 Å². The van der Waals surface area contributed by atoms with Crippen molar-refractivity contribution in [2.75, 3.05) is 5.32 Å². The van der Waals surface area contributed by atoms with E-state index in [0.717, 1.165) is 31.7 Å². The topological polar surface area (TPSA) is 59.3 Å². The SMILES string of the molecule is O=c1c2sc3ccccc3c2nc(Nc2ccc(Cl)cc2)n1N=P(c1ccccc1)(c1ccccc1)c1ccccc1. The highest BCUT2D eigenvalue weighted by Crippen LogP contribution is 2.47. The van der Waals surface area contributed by atoms with Gasteiger partial charge in [-0.3, -0.25) is 4.79 Å². The molecule has 0 atom stereocenters. The lowest BCUT2D eigenvalue weighted by Crippen LogP contribution is -2.28. The number of nitrogens with zero attached hydrogens (tertiary/aromatic N) is 3. The maximum Gasteiger partial charge on any atom is 0.293 e. The largest absolute Gasteiger partial charge is 0.324 e. The second-order valence-electron chi connectivity index (χ2n) is 9.69. The van der Waals surface area contributed by atoms with Crippen molar-refractivity contribution in [3.05, 3.63) is 155 Å². The van der Waals surface area contributed by atoms with Gasteiger partial charge in [-0.25, -0.2) is 4.98 Å². The van der Waals surface area contributed by atoms with E-state index in [9.17, 15) is 4.79 Å². The first-order chi connectivity index (χ1) is 20.6. The second kappa shape index (κ2) is 11.1. The predicted molar refractivity (Wildman–Crippen MR) is 179 cm³/mol. The van der Waals surface area contributed by atoms with Crippen molar-refractivity contribution in [3.63, 3.8) is 0 Å². The molecular formula is C34H24ClN4OPS. The number of rotatable bonds is 6. The smallest absolute Gasteiger partial charge is 0.293 e. The van der Waals surface area contributed by atoms with Crippen LogP contribution in [0, 0.1) is 0 Å². The quantitative estimate of drug-likeness (QED) is 0.197. The predicted octanol–water partition coefficient (Wildman–Crippen LogP) is 7.95. The number of hydrogen-bond acceptors (Lipinski definition) is 5. The zero-order valence-electron chi connectivity index (χ0n) is 22.3. The number of nitrogens with one attached hydrogen (secondary N) is 1. The molecule has 1 N–H and O–H groups in total. The number of thiophene rings is 1. The van der Waals surface area contributed by atoms with Gasteiger partial charge in [-0.1, -0.05) is 121 Å². The molecule has 0 aliphatic rings. The summed E-state index contributed by atoms with van der Waals surface area (Å²) in [4.78, 5) is 25.1. The third-order valence-electron chi connectivity index (χ3n) is 7.09. The maximum atomic E-state index is 14.5. The highest BCUT2D eigenvalue weighted by molar-refractivity contribution is 7.87. The molecule has 0 fully saturated rings. The standard InChI is InChI=1S/C34H24ClN4OPS/c35-24-20-22-25(23-21-24)36-34-37-31-29-18-10-11-19-30(29)42-32(31)33(40)39(34)38-41(26-12-4-1-5-13-26,27-14-6-2-7-15-27)28-16-8-3-9-17-28/h1-23H,(H,36,37). The van der Waals surface area contributed by atoms with Gasteiger partial charge in [-0.2, -0.15) is 9.53 Å². The van der Waals surface area contributed by atoms with Gasteiger partial charge in [-0.05, 0) is 30.3 Å². The van der Waals surface area contributed by atoms with E-state index in [2.05, 4.69) is 41.7 Å². The van der Waals surface area contributed by atoms with Gasteiger partial charge >= 0.3 is 0 Å². The Kier molecular flexibility index (Phi) is 6.96. The molecule has 0 spiro atoms. The minimum absolute atomic E-state index is 0.218. The van der Waals surface area contributed by atoms with Crippen LogP contribution in [0.4, 0.5) is 11.6 Å². The van der Waals surface area contributed by atoms with Gasteiger partial charge in [0, 0.05) is 36.7 Å². The number of fused-ring (bicyclic) bond motifs is 3. The van der Waals surface area contributed by atoms with Crippen molar-refractivity contribution < 1.29 is 0 Å². The van der Waals surface area contributed by atoms with Crippen molar-refractivity contribution >= 4 is 77.8 Å². The van der Waals surface area contributed by atoms with Crippen LogP contribution < -0.4 is 26.8 Å². The maximum absolute atomic E-state index is 14.5. The fraction of sp³-hybridized carbons (Fsp3) is 0. The average molecular weight is 603 g/mol. The first-order valence-corrected chi connectivity index (χ1v) is 16.3. The van der Waals surface area contributed by atoms with Crippen molar-refractivity contribution in [1.82, 2.24) is 9.66 Å². The van der Waals surface area contributed by atoms with E-state index < -0.39 is 7.05 Å². The van der Waals surface area contributed by atoms with E-state index in [1.165, 1.54) is 16.0 Å². The number of hydrogen-bond donors (Lipinski definition) is 1. The van der Waals surface area contributed by atoms with Crippen LogP contribution >= 0.6 is 30.0 Å². The molecule has 0 aliphatic carbocycles. The molecule has 0 amide bonds. The van der Waals surface area contributed by atoms with E-state index in [0.29, 0.717) is 21.2 Å². The molecule has 8 heteroatoms. The summed E-state index contributed by atoms with van der Waals surface area (Å²) in [5, 5.41) is 8.04. The second-order valence-corrected chi connectivity index (χ2v) is 14.2. The van der Waals surface area contributed by atoms with Crippen LogP contribution in [0.1, 0.15) is 0 Å². The van der Waals surface area contributed by atoms with Gasteiger partial charge in [0.1, 0.15) is 4.70 Å². The summed E-state index contributed by atoms with van der Waals surface area (Å²) in [7, 11) is -2.76. The number of halogens is 1. The Morgan fingerprint density at radius 2 is 1.21 bits per heavy atom. The van der Waals surface area contributed by atoms with Crippen molar-refractivity contribution in [2.45, 2.75) is 0 Å². The molecule has 42 heavy (non-hydrogen) atoms. The summed E-state index contributed by atoms with van der Waals surface area (Å²) in [5.41, 5.74) is 1.19. The summed E-state index contributed by atoms with van der Waals surface area (Å²) in [6.07, 6.45) is 0. The molecule has 204 valence electrons. The minimum atomic E-state index is -2.76. The molecule has 5 nitrogen and oxygen atoms in total. The Bertz CT molecular complexity index is 2040. The van der Waals surface area contributed by atoms with E-state index in [-0.39, 0.29) is 5.56 Å². The summed E-state index contributed by atoms with van der Waals surface area (Å²) in [5.74, 6) is 0.338. The van der Waals surface area contributed by atoms with Gasteiger partial charge in [-0.15, -0.1) is 11.3 Å². The molecule has 0 bridgehead atoms. The molecule has 7 aromatic rings. The van der Waals surface area contributed by atoms with E-state index in [1.807, 2.05) is 91.0 Å². The Balaban J connectivity index is 1.63. The zero-order chi connectivity index (χ0) is 28.5. The van der Waals surface area contributed by atoms with Crippen molar-refractivity contribution in [1.29, 1.82) is 0 Å². The van der Waals surface area contributed by atoms with Gasteiger partial charge in [0.15, 0.2) is 0 Å². The van der Waals surface area contributed by atoms with Gasteiger partial charge in [0.25, 0.3) is 5.56 Å². The molecule has 5 aromatic carbocycles. The van der Waals surface area contributed by atoms with Gasteiger partial charge in [0.2, 0.25) is 5.95 Å². The summed E-state index contributed by atoms with van der Waals surface area (Å²) < 4.78 is 3.05. The van der Waals surface area contributed by atoms with Gasteiger partial charge < -0.3 is 5.32 Å². The summed E-state index contributed by atoms with van der Waals surface area (Å²) in [6, 6.07) is 46.0. The fourth-order valence-electron chi connectivity index (χ4n) is 5.13. The monoisotopic (exact) mass is 602 g/mol. The molecule has 2 aromatic heterocycles. The molecule has 0 radical (unpaired) electrons. The molecule has 7 rings (SSSR count). The Hall–Kier alpha value is -4.48. The first-order valence-electron chi connectivity index (χ1n) is 13.4. The van der Waals surface area contributed by atoms with Crippen LogP contribution in [0.3, 0.4) is 0 Å². The summed E-state index contributed by atoms with van der Waals surface area (Å²) >= 11 is 7.62. The average Bonchev–Trinajstić information content (AvgIpc) is 3.42. The molecule has 0 saturated heterocycles. The molecular weight excluding hydrogens is 579 g/mol. The number of aromatic nitrogens is 2. The molecule has 0 aliphatic heterocycles. The lowest BCUT2D eigenvalue weighted by Gasteiger charge is -2.27. The van der Waals surface area contributed by atoms with Gasteiger partial charge in [0.05, 0.1) is 12.6 Å². The lowest BCUT2D eigenvalue weighted by atomic mass is 10.2. The van der Waals surface area contributed by atoms with Crippen molar-refractivity contribution in [2.24, 2.45) is 4.85 Å². The Morgan fingerprint density at radius 1 is 0.690 bits per heavy atom. The highest BCUT2D eigenvalue weighted by Gasteiger charge is 2.29. The van der Waals surface area contributed by atoms with Crippen LogP contribution in [-0.2, 0) is 0 Å². The Morgan fingerprint density at radius 3 is 1.79 bits per heavy atom. The fourth-order valence-corrected chi connectivity index (χ4v) is 9.77. The third kappa shape index (κ3) is 4.64. The van der Waals surface area contributed by atoms with E-state index >= 15 is 0 Å². The van der Waals surface area contributed by atoms with Crippen molar-refractivity contribution in [3.8, 4) is 0 Å². The molecule has 0 unspecified atom stereocenters. The normalized spacial score (nSPS) is 11.5. The highest BCUT2D eigenvalue weighted by atomic mass is 35.5. The first kappa shape index (κ1) is 26.4. The summed E-state index contributed by atoms with van der Waals surface area (Å²) in [6.45, 7) is 0.